The second-order valence-electron chi connectivity index (χ2n) is 6.68. The van der Waals surface area contributed by atoms with Gasteiger partial charge in [0.2, 0.25) is 0 Å². The van der Waals surface area contributed by atoms with Crippen LogP contribution < -0.4 is 16.2 Å². The maximum atomic E-state index is 9.39. The summed E-state index contributed by atoms with van der Waals surface area (Å²) in [4.78, 5) is 11.4. The zero-order chi connectivity index (χ0) is 15.5. The van der Waals surface area contributed by atoms with Crippen molar-refractivity contribution in [2.45, 2.75) is 57.9 Å². The van der Waals surface area contributed by atoms with Gasteiger partial charge >= 0.3 is 0 Å². The number of aliphatic hydroxyl groups excluding tert-OH is 1. The predicted molar refractivity (Wildman–Crippen MR) is 85.2 cm³/mol. The first-order chi connectivity index (χ1) is 9.95. The first-order valence-electron chi connectivity index (χ1n) is 7.69. The van der Waals surface area contributed by atoms with Crippen LogP contribution in [0.5, 0.6) is 0 Å². The molecule has 0 radical (unpaired) electrons. The number of nitrogen functional groups attached to an aromatic ring is 1. The molecule has 6 heteroatoms. The Balaban J connectivity index is 2.38. The number of nitrogens with two attached hydrogens (primary N) is 1. The number of rotatable bonds is 5. The smallest absolute Gasteiger partial charge is 0.145 e. The molecule has 0 amide bonds. The van der Waals surface area contributed by atoms with Crippen LogP contribution in [0.25, 0.3) is 0 Å². The van der Waals surface area contributed by atoms with Gasteiger partial charge in [-0.15, -0.1) is 0 Å². The molecule has 0 saturated heterocycles. The van der Waals surface area contributed by atoms with Crippen molar-refractivity contribution < 1.29 is 5.11 Å². The third-order valence-corrected chi connectivity index (χ3v) is 3.93. The van der Waals surface area contributed by atoms with Crippen molar-refractivity contribution in [2.24, 2.45) is 5.84 Å². The minimum absolute atomic E-state index is 0.122. The van der Waals surface area contributed by atoms with Crippen LogP contribution in [-0.2, 0) is 5.41 Å². The topological polar surface area (TPSA) is 87.3 Å². The Morgan fingerprint density at radius 2 is 2.00 bits per heavy atom. The summed E-state index contributed by atoms with van der Waals surface area (Å²) in [5.74, 6) is 7.78. The van der Waals surface area contributed by atoms with Gasteiger partial charge in [0, 0.05) is 24.1 Å². The SMILES string of the molecule is CC(C)(C)c1nc(NN)cc(N(CCO)C2CCCC2)n1. The lowest BCUT2D eigenvalue weighted by Gasteiger charge is -2.31. The zero-order valence-corrected chi connectivity index (χ0v) is 13.3. The van der Waals surface area contributed by atoms with Crippen LogP contribution in [0.3, 0.4) is 0 Å². The molecule has 4 N–H and O–H groups in total. The highest BCUT2D eigenvalue weighted by atomic mass is 16.3. The normalized spacial score (nSPS) is 16.2. The predicted octanol–water partition coefficient (Wildman–Crippen LogP) is 1.80. The number of nitrogens with zero attached hydrogens (tertiary/aromatic N) is 3. The van der Waals surface area contributed by atoms with Gasteiger partial charge in [0.05, 0.1) is 6.61 Å². The Kier molecular flexibility index (Phi) is 5.00. The Morgan fingerprint density at radius 3 is 2.52 bits per heavy atom. The van der Waals surface area contributed by atoms with E-state index in [-0.39, 0.29) is 12.0 Å². The molecule has 1 aromatic rings. The van der Waals surface area contributed by atoms with E-state index in [9.17, 15) is 5.11 Å². The van der Waals surface area contributed by atoms with E-state index < -0.39 is 0 Å². The first-order valence-corrected chi connectivity index (χ1v) is 7.69. The molecular formula is C15H27N5O. The number of nitrogens with one attached hydrogen (secondary N) is 1. The van der Waals surface area contributed by atoms with Crippen LogP contribution in [0.2, 0.25) is 0 Å². The summed E-state index contributed by atoms with van der Waals surface area (Å²) in [5, 5.41) is 9.39. The molecule has 0 atom stereocenters. The highest BCUT2D eigenvalue weighted by molar-refractivity contribution is 5.50. The lowest BCUT2D eigenvalue weighted by molar-refractivity contribution is 0.296. The van der Waals surface area contributed by atoms with Crippen LogP contribution in [0.4, 0.5) is 11.6 Å². The number of hydrazine groups is 1. The van der Waals surface area contributed by atoms with E-state index in [0.717, 1.165) is 24.5 Å². The quantitative estimate of drug-likeness (QED) is 0.567. The van der Waals surface area contributed by atoms with E-state index in [0.29, 0.717) is 18.4 Å². The van der Waals surface area contributed by atoms with Gasteiger partial charge in [-0.05, 0) is 12.8 Å². The van der Waals surface area contributed by atoms with Crippen molar-refractivity contribution in [3.63, 3.8) is 0 Å². The van der Waals surface area contributed by atoms with E-state index in [1.165, 1.54) is 12.8 Å². The Bertz CT molecular complexity index is 466. The summed E-state index contributed by atoms with van der Waals surface area (Å²) in [6, 6.07) is 2.31. The lowest BCUT2D eigenvalue weighted by atomic mass is 9.95. The molecule has 21 heavy (non-hydrogen) atoms. The van der Waals surface area contributed by atoms with E-state index in [1.807, 2.05) is 6.07 Å². The van der Waals surface area contributed by atoms with Crippen molar-refractivity contribution in [3.8, 4) is 0 Å². The average Bonchev–Trinajstić information content (AvgIpc) is 2.97. The van der Waals surface area contributed by atoms with Crippen LogP contribution in [0, 0.1) is 0 Å². The van der Waals surface area contributed by atoms with Gasteiger partial charge in [-0.25, -0.2) is 15.8 Å². The summed E-state index contributed by atoms with van der Waals surface area (Å²) < 4.78 is 0. The average molecular weight is 293 g/mol. The number of aliphatic hydroxyl groups is 1. The van der Waals surface area contributed by atoms with Gasteiger partial charge in [-0.3, -0.25) is 0 Å². The Morgan fingerprint density at radius 1 is 1.33 bits per heavy atom. The molecule has 0 spiro atoms. The molecule has 1 aromatic heterocycles. The summed E-state index contributed by atoms with van der Waals surface area (Å²) in [7, 11) is 0. The maximum Gasteiger partial charge on any atom is 0.145 e. The molecule has 2 rings (SSSR count). The highest BCUT2D eigenvalue weighted by Gasteiger charge is 2.26. The molecule has 1 aliphatic rings. The third-order valence-electron chi connectivity index (χ3n) is 3.93. The van der Waals surface area contributed by atoms with Crippen molar-refractivity contribution in [1.82, 2.24) is 9.97 Å². The van der Waals surface area contributed by atoms with Crippen molar-refractivity contribution in [2.75, 3.05) is 23.5 Å². The minimum atomic E-state index is -0.151. The van der Waals surface area contributed by atoms with E-state index >= 15 is 0 Å². The molecule has 6 nitrogen and oxygen atoms in total. The van der Waals surface area contributed by atoms with Crippen molar-refractivity contribution in [3.05, 3.63) is 11.9 Å². The van der Waals surface area contributed by atoms with Gasteiger partial charge in [-0.2, -0.15) is 0 Å². The summed E-state index contributed by atoms with van der Waals surface area (Å²) in [6.45, 7) is 6.96. The molecule has 1 aliphatic carbocycles. The van der Waals surface area contributed by atoms with E-state index in [2.05, 4.69) is 36.1 Å². The van der Waals surface area contributed by atoms with Gasteiger partial charge < -0.3 is 15.4 Å². The lowest BCUT2D eigenvalue weighted by Crippen LogP contribution is -2.37. The molecular weight excluding hydrogens is 266 g/mol. The first kappa shape index (κ1) is 16.0. The van der Waals surface area contributed by atoms with Crippen molar-refractivity contribution in [1.29, 1.82) is 0 Å². The molecule has 0 aromatic carbocycles. The van der Waals surface area contributed by atoms with Crippen LogP contribution in [0.15, 0.2) is 6.07 Å². The zero-order valence-electron chi connectivity index (χ0n) is 13.3. The molecule has 0 bridgehead atoms. The fraction of sp³-hybridized carbons (Fsp3) is 0.733. The van der Waals surface area contributed by atoms with Crippen LogP contribution in [0.1, 0.15) is 52.3 Å². The van der Waals surface area contributed by atoms with Gasteiger partial charge in [0.1, 0.15) is 17.5 Å². The number of hydrogen-bond donors (Lipinski definition) is 3. The second kappa shape index (κ2) is 6.58. The van der Waals surface area contributed by atoms with Crippen LogP contribution >= 0.6 is 0 Å². The Labute approximate surface area is 126 Å². The van der Waals surface area contributed by atoms with E-state index in [4.69, 9.17) is 10.8 Å². The second-order valence-corrected chi connectivity index (χ2v) is 6.68. The number of aromatic nitrogens is 2. The molecule has 0 unspecified atom stereocenters. The molecule has 1 saturated carbocycles. The molecule has 118 valence electrons. The van der Waals surface area contributed by atoms with E-state index in [1.54, 1.807) is 0 Å². The Hall–Kier alpha value is -1.40. The minimum Gasteiger partial charge on any atom is -0.395 e. The van der Waals surface area contributed by atoms with Crippen molar-refractivity contribution >= 4 is 11.6 Å². The summed E-state index contributed by atoms with van der Waals surface area (Å²) >= 11 is 0. The van der Waals surface area contributed by atoms with Gasteiger partial charge in [0.15, 0.2) is 0 Å². The van der Waals surface area contributed by atoms with Gasteiger partial charge in [-0.1, -0.05) is 33.6 Å². The summed E-state index contributed by atoms with van der Waals surface area (Å²) in [5.41, 5.74) is 2.48. The fourth-order valence-corrected chi connectivity index (χ4v) is 2.80. The standard InChI is InChI=1S/C15H27N5O/c1-15(2,3)14-17-12(19-16)10-13(18-14)20(8-9-21)11-6-4-5-7-11/h10-11,21H,4-9,16H2,1-3H3,(H,17,18,19). The monoisotopic (exact) mass is 293 g/mol. The molecule has 1 heterocycles. The maximum absolute atomic E-state index is 9.39. The summed E-state index contributed by atoms with van der Waals surface area (Å²) in [6.07, 6.45) is 4.79. The van der Waals surface area contributed by atoms with Gasteiger partial charge in [0.25, 0.3) is 0 Å². The molecule has 0 aliphatic heterocycles. The third kappa shape index (κ3) is 3.83. The highest BCUT2D eigenvalue weighted by Crippen LogP contribution is 2.29. The fourth-order valence-electron chi connectivity index (χ4n) is 2.80. The van der Waals surface area contributed by atoms with Crippen LogP contribution in [-0.4, -0.2) is 34.3 Å². The number of hydrogen-bond acceptors (Lipinski definition) is 6. The molecule has 1 fully saturated rings. The number of anilines is 2. The largest absolute Gasteiger partial charge is 0.395 e.